The fourth-order valence-corrected chi connectivity index (χ4v) is 6.22. The number of hydrogen-bond donors (Lipinski definition) is 1. The third kappa shape index (κ3) is 13.5. The van der Waals surface area contributed by atoms with E-state index in [9.17, 15) is 4.79 Å². The molecule has 1 atom stereocenters. The van der Waals surface area contributed by atoms with Gasteiger partial charge in [-0.15, -0.1) is 0 Å². The van der Waals surface area contributed by atoms with E-state index in [1.807, 2.05) is 12.1 Å². The molecule has 0 heterocycles. The molecule has 0 fully saturated rings. The van der Waals surface area contributed by atoms with Crippen LogP contribution in [0.2, 0.25) is 0 Å². The molecule has 0 spiro atoms. The fourth-order valence-electron chi connectivity index (χ4n) is 3.77. The lowest BCUT2D eigenvalue weighted by atomic mass is 9.96. The SMILES string of the molecule is CCCCCCCCC(C)CCCCCCCCC(=O)Nc1c(Br)cc(Br)cc1Br. The van der Waals surface area contributed by atoms with Crippen LogP contribution in [-0.4, -0.2) is 5.91 Å². The first kappa shape index (κ1) is 28.2. The molecule has 1 amide bonds. The monoisotopic (exact) mass is 607 g/mol. The summed E-state index contributed by atoms with van der Waals surface area (Å²) >= 11 is 10.5. The van der Waals surface area contributed by atoms with Crippen LogP contribution in [0.4, 0.5) is 5.69 Å². The van der Waals surface area contributed by atoms with Crippen molar-refractivity contribution in [2.45, 2.75) is 110 Å². The highest BCUT2D eigenvalue weighted by atomic mass is 79.9. The molecule has 0 saturated heterocycles. The van der Waals surface area contributed by atoms with Crippen molar-refractivity contribution in [3.63, 3.8) is 0 Å². The minimum atomic E-state index is 0.0854. The second-order valence-corrected chi connectivity index (χ2v) is 11.2. The maximum absolute atomic E-state index is 12.2. The van der Waals surface area contributed by atoms with Crippen LogP contribution in [0.5, 0.6) is 0 Å². The molecule has 0 bridgehead atoms. The number of unbranched alkanes of at least 4 members (excludes halogenated alkanes) is 10. The highest BCUT2D eigenvalue weighted by molar-refractivity contribution is 9.11. The second kappa shape index (κ2) is 17.7. The molecule has 0 aliphatic heterocycles. The normalized spacial score (nSPS) is 12.2. The number of nitrogens with one attached hydrogen (secondary N) is 1. The molecular weight excluding hydrogens is 570 g/mol. The molecule has 0 aliphatic rings. The Morgan fingerprint density at radius 1 is 0.800 bits per heavy atom. The van der Waals surface area contributed by atoms with Gasteiger partial charge in [0.2, 0.25) is 5.91 Å². The molecule has 1 aromatic carbocycles. The van der Waals surface area contributed by atoms with Crippen LogP contribution in [0.1, 0.15) is 110 Å². The summed E-state index contributed by atoms with van der Waals surface area (Å²) in [4.78, 5) is 12.2. The van der Waals surface area contributed by atoms with Crippen LogP contribution in [0.25, 0.3) is 0 Å². The molecule has 30 heavy (non-hydrogen) atoms. The second-order valence-electron chi connectivity index (χ2n) is 8.61. The number of amides is 1. The minimum Gasteiger partial charge on any atom is -0.324 e. The van der Waals surface area contributed by atoms with Gasteiger partial charge in [0.15, 0.2) is 0 Å². The van der Waals surface area contributed by atoms with E-state index in [2.05, 4.69) is 67.0 Å². The Kier molecular flexibility index (Phi) is 16.6. The first-order valence-electron chi connectivity index (χ1n) is 11.9. The first-order chi connectivity index (χ1) is 14.4. The third-order valence-corrected chi connectivity index (χ3v) is 7.38. The number of rotatable bonds is 17. The molecule has 0 saturated carbocycles. The average molecular weight is 610 g/mol. The summed E-state index contributed by atoms with van der Waals surface area (Å²) in [6.07, 6.45) is 19.2. The summed E-state index contributed by atoms with van der Waals surface area (Å²) < 4.78 is 2.72. The smallest absolute Gasteiger partial charge is 0.224 e. The van der Waals surface area contributed by atoms with Crippen LogP contribution in [0, 0.1) is 5.92 Å². The Labute approximate surface area is 210 Å². The van der Waals surface area contributed by atoms with Crippen molar-refractivity contribution < 1.29 is 4.79 Å². The zero-order valence-electron chi connectivity index (χ0n) is 18.9. The Morgan fingerprint density at radius 3 is 1.80 bits per heavy atom. The molecule has 5 heteroatoms. The molecular formula is C25H40Br3NO. The molecule has 2 nitrogen and oxygen atoms in total. The van der Waals surface area contributed by atoms with E-state index < -0.39 is 0 Å². The molecule has 1 unspecified atom stereocenters. The third-order valence-electron chi connectivity index (χ3n) is 5.67. The highest BCUT2D eigenvalue weighted by Crippen LogP contribution is 2.34. The van der Waals surface area contributed by atoms with Crippen molar-refractivity contribution in [1.29, 1.82) is 0 Å². The van der Waals surface area contributed by atoms with E-state index in [4.69, 9.17) is 0 Å². The average Bonchev–Trinajstić information content (AvgIpc) is 2.69. The lowest BCUT2D eigenvalue weighted by Gasteiger charge is -2.11. The van der Waals surface area contributed by atoms with Gasteiger partial charge >= 0.3 is 0 Å². The van der Waals surface area contributed by atoms with Crippen LogP contribution >= 0.6 is 47.8 Å². The van der Waals surface area contributed by atoms with Crippen molar-refractivity contribution >= 4 is 59.4 Å². The van der Waals surface area contributed by atoms with E-state index in [1.165, 1.54) is 77.0 Å². The molecule has 1 rings (SSSR count). The first-order valence-corrected chi connectivity index (χ1v) is 14.3. The lowest BCUT2D eigenvalue weighted by molar-refractivity contribution is -0.116. The Balaban J connectivity index is 1.99. The topological polar surface area (TPSA) is 29.1 Å². The number of carbonyl (C=O) groups is 1. The highest BCUT2D eigenvalue weighted by Gasteiger charge is 2.10. The predicted molar refractivity (Wildman–Crippen MR) is 142 cm³/mol. The van der Waals surface area contributed by atoms with E-state index in [0.29, 0.717) is 6.42 Å². The van der Waals surface area contributed by atoms with Crippen molar-refractivity contribution in [2.24, 2.45) is 5.92 Å². The summed E-state index contributed by atoms with van der Waals surface area (Å²) in [5, 5.41) is 3.01. The van der Waals surface area contributed by atoms with Crippen LogP contribution in [-0.2, 0) is 4.79 Å². The Hall–Kier alpha value is 0.130. The van der Waals surface area contributed by atoms with Gasteiger partial charge in [-0.3, -0.25) is 4.79 Å². The largest absolute Gasteiger partial charge is 0.324 e. The standard InChI is InChI=1S/C25H40Br3NO/c1-3-4-5-6-9-12-15-20(2)16-13-10-7-8-11-14-17-24(30)29-25-22(27)18-21(26)19-23(25)28/h18-20H,3-17H2,1-2H3,(H,29,30). The zero-order valence-corrected chi connectivity index (χ0v) is 23.6. The van der Waals surface area contributed by atoms with Crippen molar-refractivity contribution in [1.82, 2.24) is 0 Å². The summed E-state index contributed by atoms with van der Waals surface area (Å²) in [5.74, 6) is 0.972. The molecule has 0 radical (unpaired) electrons. The van der Waals surface area contributed by atoms with E-state index in [1.54, 1.807) is 0 Å². The number of hydrogen-bond acceptors (Lipinski definition) is 1. The summed E-state index contributed by atoms with van der Waals surface area (Å²) in [6, 6.07) is 3.88. The van der Waals surface area contributed by atoms with E-state index in [-0.39, 0.29) is 5.91 Å². The fraction of sp³-hybridized carbons (Fsp3) is 0.720. The molecule has 1 aromatic rings. The predicted octanol–water partition coefficient (Wildman–Crippen LogP) is 10.4. The van der Waals surface area contributed by atoms with Gasteiger partial charge in [-0.25, -0.2) is 0 Å². The van der Waals surface area contributed by atoms with E-state index >= 15 is 0 Å². The van der Waals surface area contributed by atoms with Gasteiger partial charge < -0.3 is 5.32 Å². The van der Waals surface area contributed by atoms with Crippen LogP contribution in [0.15, 0.2) is 25.6 Å². The molecule has 0 aliphatic carbocycles. The Bertz CT molecular complexity index is 583. The maximum Gasteiger partial charge on any atom is 0.224 e. The summed E-state index contributed by atoms with van der Waals surface area (Å²) in [6.45, 7) is 4.70. The Morgan fingerprint density at radius 2 is 1.27 bits per heavy atom. The summed E-state index contributed by atoms with van der Waals surface area (Å²) in [5.41, 5.74) is 0.804. The van der Waals surface area contributed by atoms with Crippen LogP contribution < -0.4 is 5.32 Å². The number of anilines is 1. The van der Waals surface area contributed by atoms with Crippen molar-refractivity contribution in [3.8, 4) is 0 Å². The summed E-state index contributed by atoms with van der Waals surface area (Å²) in [7, 11) is 0. The van der Waals surface area contributed by atoms with Crippen molar-refractivity contribution in [2.75, 3.05) is 5.32 Å². The number of halogens is 3. The lowest BCUT2D eigenvalue weighted by Crippen LogP contribution is -2.12. The quantitative estimate of drug-likeness (QED) is 0.175. The molecule has 0 aromatic heterocycles. The molecule has 172 valence electrons. The van der Waals surface area contributed by atoms with Gasteiger partial charge in [0.25, 0.3) is 0 Å². The van der Waals surface area contributed by atoms with Gasteiger partial charge in [0.05, 0.1) is 5.69 Å². The minimum absolute atomic E-state index is 0.0854. The number of benzene rings is 1. The van der Waals surface area contributed by atoms with E-state index in [0.717, 1.165) is 37.9 Å². The number of carbonyl (C=O) groups excluding carboxylic acids is 1. The van der Waals surface area contributed by atoms with Crippen molar-refractivity contribution in [3.05, 3.63) is 25.6 Å². The van der Waals surface area contributed by atoms with Gasteiger partial charge in [0, 0.05) is 19.8 Å². The maximum atomic E-state index is 12.2. The molecule has 1 N–H and O–H groups in total. The van der Waals surface area contributed by atoms with Gasteiger partial charge in [-0.2, -0.15) is 0 Å². The van der Waals surface area contributed by atoms with Gasteiger partial charge in [-0.1, -0.05) is 113 Å². The van der Waals surface area contributed by atoms with Crippen LogP contribution in [0.3, 0.4) is 0 Å². The van der Waals surface area contributed by atoms with Gasteiger partial charge in [-0.05, 0) is 56.3 Å². The van der Waals surface area contributed by atoms with Gasteiger partial charge in [0.1, 0.15) is 0 Å². The zero-order chi connectivity index (χ0) is 22.2.